The summed E-state index contributed by atoms with van der Waals surface area (Å²) in [6, 6.07) is 0. The molecule has 26 heavy (non-hydrogen) atoms. The number of phosphoric ester groups is 1. The van der Waals surface area contributed by atoms with Crippen molar-refractivity contribution in [1.82, 2.24) is 9.55 Å². The zero-order valence-electron chi connectivity index (χ0n) is 15.6. The van der Waals surface area contributed by atoms with Crippen LogP contribution in [0.1, 0.15) is 39.5 Å². The number of hydrogen-bond acceptors (Lipinski definition) is 7. The van der Waals surface area contributed by atoms with Crippen LogP contribution in [0.4, 0.5) is 0 Å². The Kier molecular flexibility index (Phi) is 6.42. The van der Waals surface area contributed by atoms with Crippen LogP contribution >= 0.6 is 7.82 Å². The number of ether oxygens (including phenoxy) is 1. The summed E-state index contributed by atoms with van der Waals surface area (Å²) in [6.45, 7) is 8.62. The molecule has 2 rings (SSSR count). The van der Waals surface area contributed by atoms with Crippen molar-refractivity contribution in [2.24, 2.45) is 0 Å². The van der Waals surface area contributed by atoms with Crippen molar-refractivity contribution in [2.75, 3.05) is 13.2 Å². The third-order valence-corrected chi connectivity index (χ3v) is 5.11. The van der Waals surface area contributed by atoms with Crippen LogP contribution in [-0.4, -0.2) is 34.5 Å². The van der Waals surface area contributed by atoms with Crippen molar-refractivity contribution in [2.45, 2.75) is 52.6 Å². The van der Waals surface area contributed by atoms with Gasteiger partial charge in [0.15, 0.2) is 6.23 Å². The Hall–Kier alpha value is -1.51. The first-order valence-corrected chi connectivity index (χ1v) is 9.75. The number of hydrogen-bond donors (Lipinski definition) is 1. The topological polar surface area (TPSA) is 109 Å². The number of phosphoric acid groups is 1. The fourth-order valence-electron chi connectivity index (χ4n) is 2.27. The minimum absolute atomic E-state index is 0.0720. The summed E-state index contributed by atoms with van der Waals surface area (Å²) in [5, 5.41) is 0. The predicted octanol–water partition coefficient (Wildman–Crippen LogP) is 2.27. The Bertz CT molecular complexity index is 821. The normalized spacial score (nSPS) is 22.5. The van der Waals surface area contributed by atoms with Gasteiger partial charge in [-0.05, 0) is 40.7 Å². The molecule has 9 nitrogen and oxygen atoms in total. The van der Waals surface area contributed by atoms with Crippen LogP contribution in [0.5, 0.6) is 0 Å². The van der Waals surface area contributed by atoms with E-state index in [0.717, 1.165) is 0 Å². The molecule has 0 saturated carbocycles. The molecule has 0 spiro atoms. The van der Waals surface area contributed by atoms with Gasteiger partial charge in [-0.1, -0.05) is 6.08 Å². The molecule has 0 bridgehead atoms. The van der Waals surface area contributed by atoms with Gasteiger partial charge in [0, 0.05) is 11.8 Å². The van der Waals surface area contributed by atoms with Gasteiger partial charge >= 0.3 is 13.5 Å². The highest BCUT2D eigenvalue weighted by Crippen LogP contribution is 2.52. The second-order valence-electron chi connectivity index (χ2n) is 6.79. The first kappa shape index (κ1) is 20.8. The Morgan fingerprint density at radius 3 is 2.58 bits per heavy atom. The van der Waals surface area contributed by atoms with E-state index in [4.69, 9.17) is 18.3 Å². The summed E-state index contributed by atoms with van der Waals surface area (Å²) in [5.41, 5.74) is -1.33. The van der Waals surface area contributed by atoms with Crippen LogP contribution in [0.3, 0.4) is 0 Å². The van der Waals surface area contributed by atoms with Crippen LogP contribution in [0, 0.1) is 6.92 Å². The fraction of sp³-hybridized carbons (Fsp3) is 0.625. The lowest BCUT2D eigenvalue weighted by Gasteiger charge is -2.26. The Labute approximate surface area is 151 Å². The van der Waals surface area contributed by atoms with E-state index in [0.29, 0.717) is 5.56 Å². The molecule has 1 aromatic rings. The molecule has 10 heteroatoms. The van der Waals surface area contributed by atoms with Crippen LogP contribution < -0.4 is 11.2 Å². The molecule has 146 valence electrons. The second kappa shape index (κ2) is 8.02. The molecule has 0 amide bonds. The zero-order chi connectivity index (χ0) is 19.5. The van der Waals surface area contributed by atoms with Crippen molar-refractivity contribution in [3.05, 3.63) is 44.8 Å². The van der Waals surface area contributed by atoms with Gasteiger partial charge < -0.3 is 4.74 Å². The maximum absolute atomic E-state index is 12.6. The van der Waals surface area contributed by atoms with E-state index in [1.165, 1.54) is 10.8 Å². The van der Waals surface area contributed by atoms with Gasteiger partial charge in [-0.25, -0.2) is 9.36 Å². The highest BCUT2D eigenvalue weighted by atomic mass is 31.2. The van der Waals surface area contributed by atoms with Crippen LogP contribution in [0.25, 0.3) is 0 Å². The third kappa shape index (κ3) is 5.49. The molecule has 0 fully saturated rings. The van der Waals surface area contributed by atoms with Crippen LogP contribution in [0.15, 0.2) is 27.9 Å². The first-order chi connectivity index (χ1) is 12.0. The molecule has 1 aliphatic heterocycles. The van der Waals surface area contributed by atoms with Crippen LogP contribution in [0.2, 0.25) is 0 Å². The average molecular weight is 388 g/mol. The van der Waals surface area contributed by atoms with Gasteiger partial charge in [0.05, 0.1) is 18.8 Å². The van der Waals surface area contributed by atoms with E-state index >= 15 is 0 Å². The predicted molar refractivity (Wildman–Crippen MR) is 95.1 cm³/mol. The van der Waals surface area contributed by atoms with Gasteiger partial charge in [0.2, 0.25) is 0 Å². The molecule has 2 heterocycles. The lowest BCUT2D eigenvalue weighted by atomic mass is 10.2. The first-order valence-electron chi connectivity index (χ1n) is 8.29. The van der Waals surface area contributed by atoms with Crippen molar-refractivity contribution in [1.29, 1.82) is 0 Å². The van der Waals surface area contributed by atoms with E-state index < -0.39 is 37.0 Å². The Morgan fingerprint density at radius 1 is 1.27 bits per heavy atom. The summed E-state index contributed by atoms with van der Waals surface area (Å²) in [4.78, 5) is 25.6. The lowest BCUT2D eigenvalue weighted by Crippen LogP contribution is -2.33. The fourth-order valence-corrected chi connectivity index (χ4v) is 3.76. The van der Waals surface area contributed by atoms with Crippen molar-refractivity contribution in [3.63, 3.8) is 0 Å². The number of H-pyrrole nitrogens is 1. The van der Waals surface area contributed by atoms with E-state index in [-0.39, 0.29) is 13.2 Å². The summed E-state index contributed by atoms with van der Waals surface area (Å²) in [6.07, 6.45) is 3.53. The van der Waals surface area contributed by atoms with E-state index in [9.17, 15) is 14.2 Å². The monoisotopic (exact) mass is 388 g/mol. The molecule has 3 atom stereocenters. The van der Waals surface area contributed by atoms with Gasteiger partial charge in [0.1, 0.15) is 6.10 Å². The van der Waals surface area contributed by atoms with Gasteiger partial charge in [0.25, 0.3) is 5.56 Å². The number of aryl methyl sites for hydroxylation is 1. The standard InChI is InChI=1S/C16H25N2O7P/c1-6-22-26(21,25-16(3,4)5)23-10-12-7-8-13(24-12)18-9-11(2)14(19)17-15(18)20/h7-9,12-13H,6,10H2,1-5H3,(H,17,19,20)/t12-,13+,26?/m0/s1. The summed E-state index contributed by atoms with van der Waals surface area (Å²) in [5.74, 6) is 0. The second-order valence-corrected chi connectivity index (χ2v) is 8.39. The SMILES string of the molecule is CCOP(=O)(OC[C@@H]1C=C[C@H](n2cc(C)c(=O)[nH]c2=O)O1)OC(C)(C)C. The highest BCUT2D eigenvalue weighted by molar-refractivity contribution is 7.48. The number of nitrogens with one attached hydrogen (secondary N) is 1. The number of aromatic nitrogens is 2. The molecule has 1 N–H and O–H groups in total. The quantitative estimate of drug-likeness (QED) is 0.564. The molecule has 0 aromatic carbocycles. The minimum Gasteiger partial charge on any atom is -0.344 e. The van der Waals surface area contributed by atoms with Gasteiger partial charge in [-0.2, -0.15) is 0 Å². The summed E-state index contributed by atoms with van der Waals surface area (Å²) < 4.78 is 35.6. The molecule has 0 aliphatic carbocycles. The molecular formula is C16H25N2O7P. The van der Waals surface area contributed by atoms with Crippen molar-refractivity contribution >= 4 is 7.82 Å². The van der Waals surface area contributed by atoms with E-state index in [1.54, 1.807) is 46.8 Å². The number of rotatable bonds is 7. The lowest BCUT2D eigenvalue weighted by molar-refractivity contribution is -0.0222. The van der Waals surface area contributed by atoms with Crippen molar-refractivity contribution < 1.29 is 22.9 Å². The van der Waals surface area contributed by atoms with E-state index in [1.807, 2.05) is 0 Å². The number of aromatic amines is 1. The molecule has 0 radical (unpaired) electrons. The number of nitrogens with zero attached hydrogens (tertiary/aromatic N) is 1. The molecule has 1 unspecified atom stereocenters. The Morgan fingerprint density at radius 2 is 1.96 bits per heavy atom. The third-order valence-electron chi connectivity index (χ3n) is 3.29. The summed E-state index contributed by atoms with van der Waals surface area (Å²) >= 11 is 0. The zero-order valence-corrected chi connectivity index (χ0v) is 16.4. The largest absolute Gasteiger partial charge is 0.475 e. The van der Waals surface area contributed by atoms with Gasteiger partial charge in [-0.15, -0.1) is 0 Å². The van der Waals surface area contributed by atoms with Crippen molar-refractivity contribution in [3.8, 4) is 0 Å². The minimum atomic E-state index is -3.74. The Balaban J connectivity index is 2.02. The smallest absolute Gasteiger partial charge is 0.344 e. The maximum atomic E-state index is 12.6. The molecule has 0 saturated heterocycles. The van der Waals surface area contributed by atoms with Crippen LogP contribution in [-0.2, 0) is 22.9 Å². The average Bonchev–Trinajstić information content (AvgIpc) is 2.96. The maximum Gasteiger partial charge on any atom is 0.475 e. The van der Waals surface area contributed by atoms with Gasteiger partial charge in [-0.3, -0.25) is 27.9 Å². The molecule has 1 aliphatic rings. The highest BCUT2D eigenvalue weighted by Gasteiger charge is 2.34. The molecular weight excluding hydrogens is 363 g/mol. The summed E-state index contributed by atoms with van der Waals surface area (Å²) in [7, 11) is -3.74. The molecule has 1 aromatic heterocycles. The van der Waals surface area contributed by atoms with E-state index in [2.05, 4.69) is 4.98 Å².